The Morgan fingerprint density at radius 3 is 2.40 bits per heavy atom. The highest BCUT2D eigenvalue weighted by molar-refractivity contribution is 5.78. The van der Waals surface area contributed by atoms with Crippen molar-refractivity contribution in [1.29, 1.82) is 0 Å². The van der Waals surface area contributed by atoms with Crippen molar-refractivity contribution < 1.29 is 32.9 Å². The molecular formula is C34H41FN4O6. The maximum absolute atomic E-state index is 15.2. The molecule has 11 heteroatoms. The molecule has 2 amide bonds. The van der Waals surface area contributed by atoms with Gasteiger partial charge in [0, 0.05) is 11.6 Å². The van der Waals surface area contributed by atoms with Crippen LogP contribution in [0.1, 0.15) is 76.8 Å². The largest absolute Gasteiger partial charge is 0.475 e. The number of rotatable bonds is 10. The van der Waals surface area contributed by atoms with Gasteiger partial charge >= 0.3 is 12.2 Å². The molecule has 4 fully saturated rings. The van der Waals surface area contributed by atoms with E-state index >= 15 is 4.39 Å². The van der Waals surface area contributed by atoms with Gasteiger partial charge in [0.25, 0.3) is 0 Å². The number of carbonyl (C=O) groups excluding carboxylic acids is 2. The molecule has 2 bridgehead atoms. The predicted molar refractivity (Wildman–Crippen MR) is 164 cm³/mol. The van der Waals surface area contributed by atoms with E-state index in [4.69, 9.17) is 18.9 Å². The van der Waals surface area contributed by atoms with Crippen LogP contribution in [0.3, 0.4) is 0 Å². The van der Waals surface area contributed by atoms with E-state index in [1.165, 1.54) is 6.20 Å². The van der Waals surface area contributed by atoms with Crippen molar-refractivity contribution in [2.24, 2.45) is 0 Å². The van der Waals surface area contributed by atoms with Gasteiger partial charge in [-0.25, -0.2) is 19.0 Å². The smallest absolute Gasteiger partial charge is 0.408 e. The molecule has 2 saturated heterocycles. The van der Waals surface area contributed by atoms with Crippen LogP contribution < -0.4 is 15.4 Å². The second-order valence-corrected chi connectivity index (χ2v) is 13.7. The second kappa shape index (κ2) is 12.1. The summed E-state index contributed by atoms with van der Waals surface area (Å²) in [5.41, 5.74) is 0.516. The van der Waals surface area contributed by atoms with Gasteiger partial charge in [-0.3, -0.25) is 4.98 Å². The molecule has 2 aliphatic heterocycles. The lowest BCUT2D eigenvalue weighted by molar-refractivity contribution is -0.163. The number of hydrogen-bond donors (Lipinski definition) is 2. The van der Waals surface area contributed by atoms with Crippen LogP contribution in [0.15, 0.2) is 48.7 Å². The van der Waals surface area contributed by atoms with Gasteiger partial charge < -0.3 is 29.6 Å². The number of hydrogen-bond acceptors (Lipinski definition) is 8. The third-order valence-electron chi connectivity index (χ3n) is 9.04. The minimum Gasteiger partial charge on any atom is -0.475 e. The molecule has 3 aromatic rings. The van der Waals surface area contributed by atoms with Crippen molar-refractivity contribution in [3.05, 3.63) is 65.6 Å². The van der Waals surface area contributed by atoms with E-state index in [0.717, 1.165) is 44.1 Å². The van der Waals surface area contributed by atoms with Gasteiger partial charge in [-0.05, 0) is 83.8 Å². The minimum atomic E-state index is -0.572. The fourth-order valence-corrected chi connectivity index (χ4v) is 6.16. The van der Waals surface area contributed by atoms with Crippen LogP contribution >= 0.6 is 0 Å². The highest BCUT2D eigenvalue weighted by Crippen LogP contribution is 2.46. The first-order valence-corrected chi connectivity index (χ1v) is 15.7. The van der Waals surface area contributed by atoms with Crippen molar-refractivity contribution in [3.8, 4) is 5.88 Å². The predicted octanol–water partition coefficient (Wildman–Crippen LogP) is 6.15. The topological polar surface area (TPSA) is 121 Å². The van der Waals surface area contributed by atoms with Crippen molar-refractivity contribution in [1.82, 2.24) is 20.6 Å². The summed E-state index contributed by atoms with van der Waals surface area (Å²) in [7, 11) is 0. The molecule has 1 aromatic carbocycles. The van der Waals surface area contributed by atoms with Gasteiger partial charge in [0.2, 0.25) is 5.88 Å². The number of fused-ring (bicyclic) bond motifs is 4. The molecular weight excluding hydrogens is 579 g/mol. The molecule has 2 aliphatic carbocycles. The average Bonchev–Trinajstić information content (AvgIpc) is 3.78. The number of alkyl carbamates (subject to hydrolysis) is 2. The van der Waals surface area contributed by atoms with E-state index in [0.29, 0.717) is 41.9 Å². The number of halogens is 1. The first-order chi connectivity index (χ1) is 21.5. The monoisotopic (exact) mass is 620 g/mol. The van der Waals surface area contributed by atoms with E-state index in [2.05, 4.69) is 20.6 Å². The Morgan fingerprint density at radius 2 is 1.73 bits per heavy atom. The number of carbonyl (C=O) groups is 2. The van der Waals surface area contributed by atoms with Gasteiger partial charge in [-0.2, -0.15) is 0 Å². The quantitative estimate of drug-likeness (QED) is 0.277. The van der Waals surface area contributed by atoms with Gasteiger partial charge in [-0.1, -0.05) is 30.3 Å². The first-order valence-electron chi connectivity index (χ1n) is 15.7. The standard InChI is InChI=1S/C34H41FN4O6/c1-31(2,3)45-30(41)39-33-15-17-34(18-16-33,44-22-33)12-11-24-25(35)19-36-26-9-10-27(37-28(24)26)43-21-32(13-14-32)38-29(40)42-20-23-7-5-4-6-8-23/h4-10,19H,11-18,20-22H2,1-3H3,(H,38,40)(H,39,41). The van der Waals surface area contributed by atoms with E-state index in [1.54, 1.807) is 12.1 Å². The SMILES string of the molecule is CC(C)(C)OC(=O)NC12CCC(CCc3c(F)cnc4ccc(OCC5(NC(=O)OCc6ccccc6)CC5)nc34)(CC1)OC2. The molecule has 4 heterocycles. The van der Waals surface area contributed by atoms with Crippen LogP contribution in [0, 0.1) is 5.82 Å². The zero-order chi connectivity index (χ0) is 31.7. The number of pyridine rings is 2. The Morgan fingerprint density at radius 1 is 0.978 bits per heavy atom. The molecule has 2 aromatic heterocycles. The van der Waals surface area contributed by atoms with Crippen LogP contribution in [0.4, 0.5) is 14.0 Å². The lowest BCUT2D eigenvalue weighted by Gasteiger charge is -2.53. The minimum absolute atomic E-state index is 0.188. The van der Waals surface area contributed by atoms with Crippen LogP contribution in [-0.2, 0) is 27.2 Å². The van der Waals surface area contributed by atoms with Crippen LogP contribution in [0.25, 0.3) is 11.0 Å². The highest BCUT2D eigenvalue weighted by Gasteiger charge is 2.51. The number of aromatic nitrogens is 2. The molecule has 240 valence electrons. The summed E-state index contributed by atoms with van der Waals surface area (Å²) in [5.74, 6) is -0.0813. The van der Waals surface area contributed by atoms with Gasteiger partial charge in [0.05, 0.1) is 40.5 Å². The van der Waals surface area contributed by atoms with Crippen molar-refractivity contribution in [2.45, 2.75) is 101 Å². The van der Waals surface area contributed by atoms with Gasteiger partial charge in [0.15, 0.2) is 0 Å². The molecule has 2 saturated carbocycles. The summed E-state index contributed by atoms with van der Waals surface area (Å²) in [6.45, 7) is 6.33. The molecule has 0 radical (unpaired) electrons. The maximum Gasteiger partial charge on any atom is 0.408 e. The summed E-state index contributed by atoms with van der Waals surface area (Å²) in [6, 6.07) is 13.0. The second-order valence-electron chi connectivity index (χ2n) is 13.7. The Bertz CT molecular complexity index is 1530. The van der Waals surface area contributed by atoms with Crippen LogP contribution in [-0.4, -0.2) is 57.6 Å². The highest BCUT2D eigenvalue weighted by atomic mass is 19.1. The first kappa shape index (κ1) is 31.0. The van der Waals surface area contributed by atoms with E-state index in [1.807, 2.05) is 51.1 Å². The van der Waals surface area contributed by atoms with Crippen molar-refractivity contribution >= 4 is 23.2 Å². The van der Waals surface area contributed by atoms with Gasteiger partial charge in [0.1, 0.15) is 24.6 Å². The lowest BCUT2D eigenvalue weighted by Crippen LogP contribution is -2.63. The fraction of sp³-hybridized carbons (Fsp3) is 0.529. The molecule has 45 heavy (non-hydrogen) atoms. The molecule has 7 rings (SSSR count). The Labute approximate surface area is 262 Å². The van der Waals surface area contributed by atoms with Crippen molar-refractivity contribution in [3.63, 3.8) is 0 Å². The van der Waals surface area contributed by atoms with Crippen LogP contribution in [0.2, 0.25) is 0 Å². The zero-order valence-electron chi connectivity index (χ0n) is 26.1. The Balaban J connectivity index is 1.05. The molecule has 2 N–H and O–H groups in total. The summed E-state index contributed by atoms with van der Waals surface area (Å²) in [5, 5.41) is 5.98. The molecule has 10 nitrogen and oxygen atoms in total. The molecule has 4 aliphatic rings. The fourth-order valence-electron chi connectivity index (χ4n) is 6.16. The average molecular weight is 621 g/mol. The summed E-state index contributed by atoms with van der Waals surface area (Å²) >= 11 is 0. The van der Waals surface area contributed by atoms with E-state index < -0.39 is 34.7 Å². The third kappa shape index (κ3) is 7.46. The number of amides is 2. The van der Waals surface area contributed by atoms with Crippen LogP contribution in [0.5, 0.6) is 5.88 Å². The summed E-state index contributed by atoms with van der Waals surface area (Å²) < 4.78 is 38.4. The number of nitrogens with one attached hydrogen (secondary N) is 2. The molecule has 0 spiro atoms. The molecule has 0 atom stereocenters. The number of benzene rings is 1. The number of aryl methyl sites for hydroxylation is 1. The Kier molecular flexibility index (Phi) is 8.32. The number of nitrogens with zero attached hydrogens (tertiary/aromatic N) is 2. The zero-order valence-corrected chi connectivity index (χ0v) is 26.1. The van der Waals surface area contributed by atoms with Gasteiger partial charge in [-0.15, -0.1) is 0 Å². The summed E-state index contributed by atoms with van der Waals surface area (Å²) in [6.07, 6.45) is 5.96. The maximum atomic E-state index is 15.2. The van der Waals surface area contributed by atoms with E-state index in [9.17, 15) is 9.59 Å². The Hall–Kier alpha value is -3.99. The number of ether oxygens (including phenoxy) is 4. The normalized spacial score (nSPS) is 23.3. The molecule has 0 unspecified atom stereocenters. The lowest BCUT2D eigenvalue weighted by atomic mass is 9.69. The summed E-state index contributed by atoms with van der Waals surface area (Å²) in [4.78, 5) is 33.7. The third-order valence-corrected chi connectivity index (χ3v) is 9.04. The van der Waals surface area contributed by atoms with E-state index in [-0.39, 0.29) is 18.8 Å². The van der Waals surface area contributed by atoms with Crippen molar-refractivity contribution in [2.75, 3.05) is 13.2 Å².